The number of thiol groups is 2. The first kappa shape index (κ1) is 13.8. The Balaban J connectivity index is 2.47. The number of allylic oxidation sites excluding steroid dienone is 6. The zero-order valence-electron chi connectivity index (χ0n) is 11.4. The van der Waals surface area contributed by atoms with Crippen molar-refractivity contribution < 1.29 is 0 Å². The van der Waals surface area contributed by atoms with Crippen molar-refractivity contribution in [2.24, 2.45) is 0 Å². The van der Waals surface area contributed by atoms with E-state index in [1.54, 1.807) is 0 Å². The maximum atomic E-state index is 4.60. The van der Waals surface area contributed by atoms with Gasteiger partial charge in [0, 0.05) is 9.49 Å². The third-order valence-electron chi connectivity index (χ3n) is 3.33. The molecule has 0 saturated carbocycles. The highest BCUT2D eigenvalue weighted by atomic mass is 32.1. The predicted octanol–water partition coefficient (Wildman–Crippen LogP) is 4.69. The molecule has 0 aromatic carbocycles. The molecule has 2 rings (SSSR count). The molecular formula is C16H20S2. The highest BCUT2D eigenvalue weighted by Crippen LogP contribution is 2.36. The van der Waals surface area contributed by atoms with Crippen LogP contribution in [0.4, 0.5) is 0 Å². The van der Waals surface area contributed by atoms with Crippen LogP contribution in [0, 0.1) is 0 Å². The quantitative estimate of drug-likeness (QED) is 0.589. The van der Waals surface area contributed by atoms with Gasteiger partial charge in [0.15, 0.2) is 0 Å². The molecule has 2 aliphatic rings. The van der Waals surface area contributed by atoms with Crippen molar-refractivity contribution in [2.75, 3.05) is 0 Å². The van der Waals surface area contributed by atoms with Gasteiger partial charge in [0.25, 0.3) is 0 Å². The average molecular weight is 276 g/mol. The number of hydrogen-bond acceptors (Lipinski definition) is 2. The molecule has 0 aromatic rings. The Morgan fingerprint density at radius 1 is 0.778 bits per heavy atom. The van der Waals surface area contributed by atoms with E-state index in [-0.39, 0.29) is 9.49 Å². The van der Waals surface area contributed by atoms with Crippen LogP contribution in [0.3, 0.4) is 0 Å². The lowest BCUT2D eigenvalue weighted by atomic mass is 9.85. The second kappa shape index (κ2) is 4.50. The fourth-order valence-corrected chi connectivity index (χ4v) is 3.04. The molecule has 0 radical (unpaired) electrons. The summed E-state index contributed by atoms with van der Waals surface area (Å²) in [6.07, 6.45) is 13.0. The average Bonchev–Trinajstić information content (AvgIpc) is 2.17. The van der Waals surface area contributed by atoms with E-state index in [0.717, 1.165) is 0 Å². The van der Waals surface area contributed by atoms with Gasteiger partial charge in [-0.05, 0) is 50.0 Å². The number of hydrogen-bond donors (Lipinski definition) is 2. The molecule has 0 aromatic heterocycles. The van der Waals surface area contributed by atoms with Crippen molar-refractivity contribution in [3.8, 4) is 0 Å². The molecular weight excluding hydrogens is 256 g/mol. The fraction of sp³-hybridized carbons (Fsp3) is 0.375. The molecule has 0 N–H and O–H groups in total. The van der Waals surface area contributed by atoms with Gasteiger partial charge < -0.3 is 0 Å². The van der Waals surface area contributed by atoms with E-state index in [9.17, 15) is 0 Å². The minimum absolute atomic E-state index is 0.137. The molecule has 2 aliphatic carbocycles. The van der Waals surface area contributed by atoms with Gasteiger partial charge in [-0.3, -0.25) is 0 Å². The Hall–Kier alpha value is -0.600. The smallest absolute Gasteiger partial charge is 0.0469 e. The van der Waals surface area contributed by atoms with Crippen LogP contribution in [-0.4, -0.2) is 9.49 Å². The van der Waals surface area contributed by atoms with Crippen LogP contribution in [0.15, 0.2) is 58.7 Å². The van der Waals surface area contributed by atoms with E-state index in [2.05, 4.69) is 89.4 Å². The topological polar surface area (TPSA) is 0 Å². The summed E-state index contributed by atoms with van der Waals surface area (Å²) in [5, 5.41) is 0. The van der Waals surface area contributed by atoms with Crippen LogP contribution in [0.2, 0.25) is 0 Å². The van der Waals surface area contributed by atoms with E-state index in [1.165, 1.54) is 22.3 Å². The second-order valence-corrected chi connectivity index (χ2v) is 7.53. The monoisotopic (exact) mass is 276 g/mol. The molecule has 0 spiro atoms. The minimum Gasteiger partial charge on any atom is -0.164 e. The summed E-state index contributed by atoms with van der Waals surface area (Å²) in [4.78, 5) is 0. The summed E-state index contributed by atoms with van der Waals surface area (Å²) in [7, 11) is 0. The van der Waals surface area contributed by atoms with Crippen LogP contribution in [-0.2, 0) is 0 Å². The molecule has 96 valence electrons. The van der Waals surface area contributed by atoms with Gasteiger partial charge in [-0.1, -0.05) is 36.5 Å². The molecule has 2 atom stereocenters. The van der Waals surface area contributed by atoms with Crippen LogP contribution in [0.1, 0.15) is 27.7 Å². The van der Waals surface area contributed by atoms with Crippen LogP contribution < -0.4 is 0 Å². The Kier molecular flexibility index (Phi) is 3.46. The van der Waals surface area contributed by atoms with Gasteiger partial charge >= 0.3 is 0 Å². The summed E-state index contributed by atoms with van der Waals surface area (Å²) in [6, 6.07) is 0. The summed E-state index contributed by atoms with van der Waals surface area (Å²) in [5.41, 5.74) is 5.14. The molecule has 0 fully saturated rings. The van der Waals surface area contributed by atoms with Gasteiger partial charge in [0.05, 0.1) is 0 Å². The molecule has 2 heteroatoms. The van der Waals surface area contributed by atoms with Gasteiger partial charge in [-0.2, -0.15) is 25.3 Å². The maximum absolute atomic E-state index is 4.60. The van der Waals surface area contributed by atoms with Crippen molar-refractivity contribution in [3.05, 3.63) is 58.7 Å². The molecule has 0 bridgehead atoms. The van der Waals surface area contributed by atoms with E-state index >= 15 is 0 Å². The van der Waals surface area contributed by atoms with E-state index in [4.69, 9.17) is 0 Å². The van der Waals surface area contributed by atoms with Crippen molar-refractivity contribution in [1.29, 1.82) is 0 Å². The highest BCUT2D eigenvalue weighted by molar-refractivity contribution is 7.82. The standard InChI is InChI=1S/C16H20S2/c1-11-9-15(3,17)7-5-13(11)14-6-8-16(4,18)10-12(14)2/h5-10,17-18H,1-4H3. The largest absolute Gasteiger partial charge is 0.164 e. The first-order valence-electron chi connectivity index (χ1n) is 6.17. The normalized spacial score (nSPS) is 39.7. The van der Waals surface area contributed by atoms with E-state index in [1.807, 2.05) is 0 Å². The summed E-state index contributed by atoms with van der Waals surface area (Å²) in [6.45, 7) is 8.50. The van der Waals surface area contributed by atoms with Crippen molar-refractivity contribution in [1.82, 2.24) is 0 Å². The molecule has 2 unspecified atom stereocenters. The van der Waals surface area contributed by atoms with Crippen LogP contribution >= 0.6 is 25.3 Å². The van der Waals surface area contributed by atoms with Gasteiger partial charge in [0.1, 0.15) is 0 Å². The first-order chi connectivity index (χ1) is 8.20. The summed E-state index contributed by atoms with van der Waals surface area (Å²) >= 11 is 9.20. The van der Waals surface area contributed by atoms with Gasteiger partial charge in [-0.15, -0.1) is 0 Å². The van der Waals surface area contributed by atoms with Crippen molar-refractivity contribution >= 4 is 25.3 Å². The zero-order valence-corrected chi connectivity index (χ0v) is 13.1. The third kappa shape index (κ3) is 2.86. The molecule has 0 aliphatic heterocycles. The predicted molar refractivity (Wildman–Crippen MR) is 87.6 cm³/mol. The Morgan fingerprint density at radius 2 is 1.11 bits per heavy atom. The molecule has 0 amide bonds. The number of rotatable bonds is 0. The molecule has 18 heavy (non-hydrogen) atoms. The summed E-state index contributed by atoms with van der Waals surface area (Å²) in [5.74, 6) is 0. The highest BCUT2D eigenvalue weighted by Gasteiger charge is 2.22. The van der Waals surface area contributed by atoms with Gasteiger partial charge in [0.2, 0.25) is 0 Å². The third-order valence-corrected chi connectivity index (χ3v) is 3.89. The molecule has 0 saturated heterocycles. The zero-order chi connectivity index (χ0) is 13.6. The van der Waals surface area contributed by atoms with E-state index in [0.29, 0.717) is 0 Å². The lowest BCUT2D eigenvalue weighted by Gasteiger charge is -2.26. The van der Waals surface area contributed by atoms with Crippen molar-refractivity contribution in [2.45, 2.75) is 37.2 Å². The minimum atomic E-state index is -0.137. The SMILES string of the molecule is CC1=CC(C)(S)C=CC1=C1C=CC(C)(S)C=C1C. The van der Waals surface area contributed by atoms with Gasteiger partial charge in [-0.25, -0.2) is 0 Å². The van der Waals surface area contributed by atoms with Crippen LogP contribution in [0.25, 0.3) is 0 Å². The Labute approximate surface area is 121 Å². The lowest BCUT2D eigenvalue weighted by Crippen LogP contribution is -2.16. The Morgan fingerprint density at radius 3 is 1.39 bits per heavy atom. The molecule has 0 nitrogen and oxygen atoms in total. The Bertz CT molecular complexity index is 475. The lowest BCUT2D eigenvalue weighted by molar-refractivity contribution is 0.969. The maximum Gasteiger partial charge on any atom is 0.0469 e. The molecule has 0 heterocycles. The summed E-state index contributed by atoms with van der Waals surface area (Å²) < 4.78 is -0.273. The first-order valence-corrected chi connectivity index (χ1v) is 7.07. The van der Waals surface area contributed by atoms with E-state index < -0.39 is 0 Å². The van der Waals surface area contributed by atoms with Crippen LogP contribution in [0.5, 0.6) is 0 Å². The van der Waals surface area contributed by atoms with Crippen molar-refractivity contribution in [3.63, 3.8) is 0 Å². The second-order valence-electron chi connectivity index (χ2n) is 5.60. The fourth-order valence-electron chi connectivity index (χ4n) is 2.50.